The van der Waals surface area contributed by atoms with Gasteiger partial charge in [0.15, 0.2) is 12.6 Å². The quantitative estimate of drug-likeness (QED) is 0.538. The molecule has 0 aliphatic heterocycles. The van der Waals surface area contributed by atoms with Crippen molar-refractivity contribution in [3.05, 3.63) is 42.1 Å². The third-order valence-corrected chi connectivity index (χ3v) is 1.62. The molecule has 0 saturated heterocycles. The summed E-state index contributed by atoms with van der Waals surface area (Å²) in [6, 6.07) is 8.41. The van der Waals surface area contributed by atoms with E-state index in [9.17, 15) is 18.0 Å². The zero-order valence-corrected chi connectivity index (χ0v) is 15.9. The molecule has 0 atom stereocenters. The number of aryl methyl sites for hydroxylation is 1. The van der Waals surface area contributed by atoms with E-state index in [2.05, 4.69) is 6.07 Å². The van der Waals surface area contributed by atoms with Crippen molar-refractivity contribution in [2.75, 3.05) is 14.1 Å². The minimum absolute atomic E-state index is 0. The standard InChI is InChI=1S/C10H12NO.C2H6.CF3.U/c1-8-4-6-9(7-5-8)10(12)11(2)3;1-2;2-1(3)4;/h4,6-7H,1-3H3;1-2H3;;/q-1;;-1;+2. The van der Waals surface area contributed by atoms with Crippen molar-refractivity contribution in [2.45, 2.75) is 20.8 Å². The molecule has 1 aromatic rings. The molecule has 0 radical (unpaired) electrons. The Morgan fingerprint density at radius 3 is 1.89 bits per heavy atom. The molecule has 0 saturated carbocycles. The van der Waals surface area contributed by atoms with Gasteiger partial charge in [0.05, 0.1) is 0 Å². The van der Waals surface area contributed by atoms with Gasteiger partial charge in [-0.05, 0) is 0 Å². The van der Waals surface area contributed by atoms with E-state index < -0.39 is 6.68 Å². The van der Waals surface area contributed by atoms with E-state index in [1.165, 1.54) is 0 Å². The van der Waals surface area contributed by atoms with Crippen molar-refractivity contribution in [1.82, 2.24) is 4.90 Å². The van der Waals surface area contributed by atoms with Crippen LogP contribution < -0.4 is 0 Å². The monoisotopic (exact) mass is 499 g/mol. The Bertz CT molecular complexity index is 326. The molecule has 0 aliphatic rings. The molecule has 0 aromatic heterocycles. The molecule has 19 heavy (non-hydrogen) atoms. The van der Waals surface area contributed by atoms with Crippen molar-refractivity contribution < 1.29 is 49.1 Å². The van der Waals surface area contributed by atoms with Crippen LogP contribution >= 0.6 is 0 Å². The summed E-state index contributed by atoms with van der Waals surface area (Å²) in [6.45, 7) is 2.86. The number of halogens is 3. The Kier molecular flexibility index (Phi) is 17.3. The van der Waals surface area contributed by atoms with Crippen LogP contribution in [0.4, 0.5) is 13.2 Å². The molecule has 106 valence electrons. The van der Waals surface area contributed by atoms with Crippen LogP contribution in [0.15, 0.2) is 18.2 Å². The smallest absolute Gasteiger partial charge is 0.385 e. The number of benzene rings is 1. The molecule has 0 aliphatic carbocycles. The number of nitrogens with zero attached hydrogens (tertiary/aromatic N) is 1. The fourth-order valence-corrected chi connectivity index (χ4v) is 0.894. The number of rotatable bonds is 1. The average Bonchev–Trinajstić information content (AvgIpc) is 2.31. The van der Waals surface area contributed by atoms with Gasteiger partial charge in [-0.1, -0.05) is 26.3 Å². The molecule has 0 bridgehead atoms. The number of carbonyl (C=O) groups excluding carboxylic acids is 1. The van der Waals surface area contributed by atoms with Crippen LogP contribution in [-0.4, -0.2) is 24.9 Å². The van der Waals surface area contributed by atoms with Crippen molar-refractivity contribution in [3.63, 3.8) is 0 Å². The Balaban J connectivity index is -0.000000316. The predicted molar refractivity (Wildman–Crippen MR) is 65.9 cm³/mol. The molecule has 0 fully saturated rings. The van der Waals surface area contributed by atoms with Gasteiger partial charge in [-0.25, -0.2) is 0 Å². The van der Waals surface area contributed by atoms with Gasteiger partial charge in [-0.3, -0.25) is 4.79 Å². The molecular formula is C13H18F3NOU. The first kappa shape index (κ1) is 23.6. The van der Waals surface area contributed by atoms with Crippen LogP contribution in [0, 0.1) is 50.8 Å². The van der Waals surface area contributed by atoms with Crippen molar-refractivity contribution in [2.24, 2.45) is 0 Å². The van der Waals surface area contributed by atoms with E-state index in [0.717, 1.165) is 5.56 Å². The minimum atomic E-state index is -3.08. The van der Waals surface area contributed by atoms with Gasteiger partial charge in [0, 0.05) is 14.1 Å². The van der Waals surface area contributed by atoms with E-state index in [0.29, 0.717) is 5.56 Å². The fourth-order valence-electron chi connectivity index (χ4n) is 0.894. The summed E-state index contributed by atoms with van der Waals surface area (Å²) in [7, 11) is 3.48. The molecule has 0 N–H and O–H groups in total. The fraction of sp³-hybridized carbons (Fsp3) is 0.385. The maximum absolute atomic E-state index is 11.4. The molecule has 0 spiro atoms. The van der Waals surface area contributed by atoms with Crippen molar-refractivity contribution >= 4 is 5.91 Å². The van der Waals surface area contributed by atoms with Crippen molar-refractivity contribution in [3.8, 4) is 0 Å². The van der Waals surface area contributed by atoms with Crippen LogP contribution in [0.3, 0.4) is 0 Å². The summed E-state index contributed by atoms with van der Waals surface area (Å²) in [5.74, 6) is 0.0197. The van der Waals surface area contributed by atoms with Gasteiger partial charge in [0.25, 0.3) is 0 Å². The molecular weight excluding hydrogens is 481 g/mol. The topological polar surface area (TPSA) is 20.3 Å². The largest absolute Gasteiger partial charge is 2.00 e. The average molecular weight is 499 g/mol. The SMILES string of the molecule is CC.Cc1[c-]cc(C(=O)N(C)C)cc1.F[C-](F)F.[U+2]. The third kappa shape index (κ3) is 13.8. The second-order valence-corrected chi connectivity index (χ2v) is 3.17. The second kappa shape index (κ2) is 14.0. The first-order valence-electron chi connectivity index (χ1n) is 5.38. The number of hydrogen-bond donors (Lipinski definition) is 0. The number of hydrogen-bond acceptors (Lipinski definition) is 1. The Hall–Kier alpha value is -0.468. The van der Waals surface area contributed by atoms with Gasteiger partial charge in [-0.2, -0.15) is 29.8 Å². The van der Waals surface area contributed by atoms with E-state index >= 15 is 0 Å². The van der Waals surface area contributed by atoms with E-state index in [1.54, 1.807) is 25.1 Å². The zero-order chi connectivity index (χ0) is 14.7. The van der Waals surface area contributed by atoms with Gasteiger partial charge in [-0.15, -0.1) is 0 Å². The summed E-state index contributed by atoms with van der Waals surface area (Å²) in [5.41, 5.74) is 1.73. The normalized spacial score (nSPS) is 8.26. The Morgan fingerprint density at radius 2 is 1.63 bits per heavy atom. The predicted octanol–water partition coefficient (Wildman–Crippen LogP) is 3.87. The van der Waals surface area contributed by atoms with E-state index in [4.69, 9.17) is 0 Å². The van der Waals surface area contributed by atoms with Crippen LogP contribution in [0.2, 0.25) is 0 Å². The first-order chi connectivity index (χ1) is 8.34. The maximum Gasteiger partial charge on any atom is 2.00 e. The zero-order valence-electron chi connectivity index (χ0n) is 11.7. The molecule has 2 nitrogen and oxygen atoms in total. The van der Waals surface area contributed by atoms with Crippen molar-refractivity contribution in [1.29, 1.82) is 0 Å². The molecule has 0 unspecified atom stereocenters. The molecule has 1 aromatic carbocycles. The minimum Gasteiger partial charge on any atom is -0.385 e. The Morgan fingerprint density at radius 1 is 1.21 bits per heavy atom. The van der Waals surface area contributed by atoms with E-state index in [-0.39, 0.29) is 37.0 Å². The maximum atomic E-state index is 11.4. The summed E-state index contributed by atoms with van der Waals surface area (Å²) < 4.78 is 28.8. The number of carbonyl (C=O) groups is 1. The molecule has 1 amide bonds. The molecule has 1 rings (SSSR count). The Labute approximate surface area is 136 Å². The van der Waals surface area contributed by atoms with Crippen LogP contribution in [0.5, 0.6) is 0 Å². The van der Waals surface area contributed by atoms with Crippen LogP contribution in [0.1, 0.15) is 29.8 Å². The summed E-state index contributed by atoms with van der Waals surface area (Å²) in [4.78, 5) is 12.9. The number of amides is 1. The van der Waals surface area contributed by atoms with Gasteiger partial charge in [0.2, 0.25) is 0 Å². The first-order valence-corrected chi connectivity index (χ1v) is 5.38. The van der Waals surface area contributed by atoms with Crippen LogP contribution in [0.25, 0.3) is 0 Å². The van der Waals surface area contributed by atoms with Gasteiger partial charge >= 0.3 is 31.1 Å². The second-order valence-electron chi connectivity index (χ2n) is 3.17. The molecule has 0 heterocycles. The van der Waals surface area contributed by atoms with E-state index in [1.807, 2.05) is 32.9 Å². The summed E-state index contributed by atoms with van der Waals surface area (Å²) >= 11 is 0. The molecule has 6 heteroatoms. The summed E-state index contributed by atoms with van der Waals surface area (Å²) in [5, 5.41) is 0. The summed E-state index contributed by atoms with van der Waals surface area (Å²) in [6.07, 6.45) is 0. The third-order valence-electron chi connectivity index (χ3n) is 1.62. The van der Waals surface area contributed by atoms with Gasteiger partial charge in [0.1, 0.15) is 0 Å². The van der Waals surface area contributed by atoms with Gasteiger partial charge < -0.3 is 18.1 Å². The van der Waals surface area contributed by atoms with Crippen LogP contribution in [-0.2, 0) is 0 Å².